The molecular weight excluding hydrogens is 176 g/mol. The summed E-state index contributed by atoms with van der Waals surface area (Å²) in [4.78, 5) is 0. The summed E-state index contributed by atoms with van der Waals surface area (Å²) in [5.41, 5.74) is 8.20. The molecule has 72 valence electrons. The molecule has 0 bridgehead atoms. The highest BCUT2D eigenvalue weighted by Gasteiger charge is 2.20. The molecule has 2 heterocycles. The molecule has 2 aromatic rings. The van der Waals surface area contributed by atoms with Crippen LogP contribution < -0.4 is 5.73 Å². The predicted octanol–water partition coefficient (Wildman–Crippen LogP) is 1.23. The Morgan fingerprint density at radius 2 is 2.29 bits per heavy atom. The SMILES string of the molecule is NC1Cc2cc3c(O)cccc3n2C1. The van der Waals surface area contributed by atoms with Crippen LogP contribution in [0.1, 0.15) is 5.69 Å². The Morgan fingerprint density at radius 3 is 3.14 bits per heavy atom. The van der Waals surface area contributed by atoms with Crippen molar-refractivity contribution < 1.29 is 5.11 Å². The Kier molecular flexibility index (Phi) is 1.42. The second-order valence-electron chi connectivity index (χ2n) is 3.92. The minimum Gasteiger partial charge on any atom is -0.507 e. The third-order valence-corrected chi connectivity index (χ3v) is 2.90. The summed E-state index contributed by atoms with van der Waals surface area (Å²) in [6.07, 6.45) is 0.911. The van der Waals surface area contributed by atoms with Crippen molar-refractivity contribution in [3.8, 4) is 5.75 Å². The van der Waals surface area contributed by atoms with Gasteiger partial charge in [0.05, 0.1) is 5.52 Å². The Labute approximate surface area is 81.8 Å². The lowest BCUT2D eigenvalue weighted by Gasteiger charge is -2.02. The van der Waals surface area contributed by atoms with Crippen LogP contribution in [-0.2, 0) is 13.0 Å². The van der Waals surface area contributed by atoms with Gasteiger partial charge in [0.1, 0.15) is 5.75 Å². The fraction of sp³-hybridized carbons (Fsp3) is 0.273. The summed E-state index contributed by atoms with van der Waals surface area (Å²) >= 11 is 0. The Morgan fingerprint density at radius 1 is 1.43 bits per heavy atom. The summed E-state index contributed by atoms with van der Waals surface area (Å²) in [6, 6.07) is 7.89. The molecule has 1 aromatic carbocycles. The van der Waals surface area contributed by atoms with Gasteiger partial charge in [0.2, 0.25) is 0 Å². The maximum atomic E-state index is 9.65. The average molecular weight is 188 g/mol. The lowest BCUT2D eigenvalue weighted by atomic mass is 10.2. The molecule has 3 heteroatoms. The van der Waals surface area contributed by atoms with Crippen molar-refractivity contribution in [2.45, 2.75) is 19.0 Å². The number of hydrogen-bond acceptors (Lipinski definition) is 2. The van der Waals surface area contributed by atoms with Crippen LogP contribution in [0, 0.1) is 0 Å². The molecule has 0 fully saturated rings. The van der Waals surface area contributed by atoms with Gasteiger partial charge in [-0.25, -0.2) is 0 Å². The van der Waals surface area contributed by atoms with E-state index in [2.05, 4.69) is 4.57 Å². The first kappa shape index (κ1) is 7.88. The number of nitrogens with zero attached hydrogens (tertiary/aromatic N) is 1. The maximum Gasteiger partial charge on any atom is 0.124 e. The summed E-state index contributed by atoms with van der Waals surface area (Å²) < 4.78 is 2.19. The third-order valence-electron chi connectivity index (χ3n) is 2.90. The van der Waals surface area contributed by atoms with Gasteiger partial charge in [0.25, 0.3) is 0 Å². The van der Waals surface area contributed by atoms with E-state index in [9.17, 15) is 5.11 Å². The number of aromatic hydroxyl groups is 1. The van der Waals surface area contributed by atoms with Gasteiger partial charge in [0.15, 0.2) is 0 Å². The lowest BCUT2D eigenvalue weighted by Crippen LogP contribution is -2.20. The van der Waals surface area contributed by atoms with Gasteiger partial charge in [-0.2, -0.15) is 0 Å². The molecule has 3 nitrogen and oxygen atoms in total. The highest BCUT2D eigenvalue weighted by molar-refractivity contribution is 5.87. The molecule has 0 amide bonds. The minimum absolute atomic E-state index is 0.233. The fourth-order valence-electron chi connectivity index (χ4n) is 2.28. The van der Waals surface area contributed by atoms with E-state index in [-0.39, 0.29) is 6.04 Å². The molecule has 14 heavy (non-hydrogen) atoms. The first-order chi connectivity index (χ1) is 6.75. The number of rotatable bonds is 0. The van der Waals surface area contributed by atoms with E-state index in [0.717, 1.165) is 23.9 Å². The molecule has 0 saturated carbocycles. The van der Waals surface area contributed by atoms with Crippen LogP contribution in [-0.4, -0.2) is 15.7 Å². The lowest BCUT2D eigenvalue weighted by molar-refractivity contribution is 0.481. The van der Waals surface area contributed by atoms with Gasteiger partial charge in [-0.3, -0.25) is 0 Å². The van der Waals surface area contributed by atoms with Crippen LogP contribution in [0.4, 0.5) is 0 Å². The molecule has 0 radical (unpaired) electrons. The monoisotopic (exact) mass is 188 g/mol. The molecule has 0 aliphatic carbocycles. The van der Waals surface area contributed by atoms with Gasteiger partial charge < -0.3 is 15.4 Å². The molecule has 1 atom stereocenters. The maximum absolute atomic E-state index is 9.65. The normalized spacial score (nSPS) is 20.2. The largest absolute Gasteiger partial charge is 0.507 e. The van der Waals surface area contributed by atoms with Crippen molar-refractivity contribution in [2.75, 3.05) is 0 Å². The van der Waals surface area contributed by atoms with Crippen molar-refractivity contribution in [1.82, 2.24) is 4.57 Å². The quantitative estimate of drug-likeness (QED) is 0.653. The molecule has 3 N–H and O–H groups in total. The smallest absolute Gasteiger partial charge is 0.124 e. The average Bonchev–Trinajstić information content (AvgIpc) is 2.63. The van der Waals surface area contributed by atoms with Gasteiger partial charge in [0, 0.05) is 30.1 Å². The topological polar surface area (TPSA) is 51.2 Å². The van der Waals surface area contributed by atoms with Crippen LogP contribution in [0.3, 0.4) is 0 Å². The van der Waals surface area contributed by atoms with Gasteiger partial charge in [-0.1, -0.05) is 6.07 Å². The van der Waals surface area contributed by atoms with E-state index in [0.29, 0.717) is 5.75 Å². The van der Waals surface area contributed by atoms with Crippen LogP contribution in [0.2, 0.25) is 0 Å². The van der Waals surface area contributed by atoms with E-state index in [4.69, 9.17) is 5.73 Å². The minimum atomic E-state index is 0.233. The van der Waals surface area contributed by atoms with Crippen molar-refractivity contribution in [3.63, 3.8) is 0 Å². The summed E-state index contributed by atoms with van der Waals surface area (Å²) in [6.45, 7) is 0.863. The first-order valence-corrected chi connectivity index (χ1v) is 4.81. The number of benzene rings is 1. The molecule has 0 spiro atoms. The van der Waals surface area contributed by atoms with Gasteiger partial charge >= 0.3 is 0 Å². The van der Waals surface area contributed by atoms with E-state index in [1.165, 1.54) is 5.69 Å². The second kappa shape index (κ2) is 2.51. The molecule has 1 aromatic heterocycles. The molecule has 1 unspecified atom stereocenters. The molecule has 1 aliphatic rings. The van der Waals surface area contributed by atoms with Crippen LogP contribution >= 0.6 is 0 Å². The summed E-state index contributed by atoms with van der Waals surface area (Å²) in [5, 5.41) is 10.6. The zero-order valence-corrected chi connectivity index (χ0v) is 7.77. The number of phenols is 1. The van der Waals surface area contributed by atoms with Crippen LogP contribution in [0.5, 0.6) is 5.75 Å². The molecule has 0 saturated heterocycles. The number of fused-ring (bicyclic) bond motifs is 3. The summed E-state index contributed by atoms with van der Waals surface area (Å²) in [5.74, 6) is 0.359. The first-order valence-electron chi connectivity index (χ1n) is 4.81. The van der Waals surface area contributed by atoms with Crippen molar-refractivity contribution in [2.24, 2.45) is 5.73 Å². The van der Waals surface area contributed by atoms with Crippen LogP contribution in [0.25, 0.3) is 10.9 Å². The number of aromatic nitrogens is 1. The van der Waals surface area contributed by atoms with Crippen molar-refractivity contribution >= 4 is 10.9 Å². The van der Waals surface area contributed by atoms with E-state index < -0.39 is 0 Å². The second-order valence-corrected chi connectivity index (χ2v) is 3.92. The highest BCUT2D eigenvalue weighted by Crippen LogP contribution is 2.30. The Balaban J connectivity index is 2.33. The number of hydrogen-bond donors (Lipinski definition) is 2. The molecule has 3 rings (SSSR count). The number of phenolic OH excluding ortho intramolecular Hbond substituents is 1. The molecule has 1 aliphatic heterocycles. The Hall–Kier alpha value is -1.48. The van der Waals surface area contributed by atoms with Crippen LogP contribution in [0.15, 0.2) is 24.3 Å². The van der Waals surface area contributed by atoms with Crippen molar-refractivity contribution in [1.29, 1.82) is 0 Å². The van der Waals surface area contributed by atoms with E-state index in [1.54, 1.807) is 6.07 Å². The van der Waals surface area contributed by atoms with Gasteiger partial charge in [-0.05, 0) is 18.2 Å². The molecular formula is C11H12N2O. The number of nitrogens with two attached hydrogens (primary N) is 1. The van der Waals surface area contributed by atoms with E-state index in [1.807, 2.05) is 18.2 Å². The summed E-state index contributed by atoms with van der Waals surface area (Å²) in [7, 11) is 0. The Bertz CT molecular complexity index is 501. The van der Waals surface area contributed by atoms with Crippen molar-refractivity contribution in [3.05, 3.63) is 30.0 Å². The fourth-order valence-corrected chi connectivity index (χ4v) is 2.28. The third kappa shape index (κ3) is 0.902. The predicted molar refractivity (Wildman–Crippen MR) is 55.3 cm³/mol. The van der Waals surface area contributed by atoms with E-state index >= 15 is 0 Å². The highest BCUT2D eigenvalue weighted by atomic mass is 16.3. The standard InChI is InChI=1S/C11H12N2O/c12-7-4-8-5-9-10(13(8)6-7)2-1-3-11(9)14/h1-3,5,7,14H,4,6,12H2. The zero-order valence-electron chi connectivity index (χ0n) is 7.77. The zero-order chi connectivity index (χ0) is 9.71. The van der Waals surface area contributed by atoms with Gasteiger partial charge in [-0.15, -0.1) is 0 Å².